The standard InChI is InChI=1S/C20H18FN3O3/c1-12-7-13(9-15(8-12)26-2)20(25)24-6-5-18-17(11-24)23-19(27-18)16-4-3-14(21)10-22-16/h3-4,7-10H,5-6,11H2,1-2H3. The van der Waals surface area contributed by atoms with Crippen LogP contribution in [0.1, 0.15) is 27.4 Å². The van der Waals surface area contributed by atoms with Crippen LogP contribution in [0.4, 0.5) is 4.39 Å². The van der Waals surface area contributed by atoms with Crippen LogP contribution in [-0.4, -0.2) is 34.4 Å². The van der Waals surface area contributed by atoms with Crippen LogP contribution in [0.2, 0.25) is 0 Å². The molecule has 138 valence electrons. The maximum absolute atomic E-state index is 13.0. The highest BCUT2D eigenvalue weighted by Crippen LogP contribution is 2.26. The molecule has 1 aromatic carbocycles. The van der Waals surface area contributed by atoms with Crippen LogP contribution in [-0.2, 0) is 13.0 Å². The van der Waals surface area contributed by atoms with Gasteiger partial charge in [-0.3, -0.25) is 4.79 Å². The number of halogens is 1. The van der Waals surface area contributed by atoms with Crippen LogP contribution in [0.5, 0.6) is 5.75 Å². The van der Waals surface area contributed by atoms with Crippen molar-refractivity contribution in [3.05, 3.63) is 64.9 Å². The number of nitrogens with zero attached hydrogens (tertiary/aromatic N) is 3. The van der Waals surface area contributed by atoms with E-state index in [9.17, 15) is 9.18 Å². The molecule has 6 nitrogen and oxygen atoms in total. The van der Waals surface area contributed by atoms with Gasteiger partial charge in [0.15, 0.2) is 0 Å². The van der Waals surface area contributed by atoms with E-state index in [0.717, 1.165) is 17.5 Å². The summed E-state index contributed by atoms with van der Waals surface area (Å²) in [7, 11) is 1.58. The summed E-state index contributed by atoms with van der Waals surface area (Å²) in [6, 6.07) is 8.30. The monoisotopic (exact) mass is 367 g/mol. The number of hydrogen-bond acceptors (Lipinski definition) is 5. The van der Waals surface area contributed by atoms with E-state index in [1.165, 1.54) is 12.1 Å². The van der Waals surface area contributed by atoms with Crippen LogP contribution < -0.4 is 4.74 Å². The number of carbonyl (C=O) groups excluding carboxylic acids is 1. The Hall–Kier alpha value is -3.22. The highest BCUT2D eigenvalue weighted by Gasteiger charge is 2.27. The number of benzene rings is 1. The van der Waals surface area contributed by atoms with Crippen molar-refractivity contribution < 1.29 is 18.3 Å². The molecule has 3 aromatic rings. The SMILES string of the molecule is COc1cc(C)cc(C(=O)N2CCc3oc(-c4ccc(F)cn4)nc3C2)c1. The molecule has 0 spiro atoms. The van der Waals surface area contributed by atoms with Gasteiger partial charge in [-0.25, -0.2) is 14.4 Å². The summed E-state index contributed by atoms with van der Waals surface area (Å²) in [6.07, 6.45) is 1.69. The number of oxazole rings is 1. The predicted molar refractivity (Wildman–Crippen MR) is 95.9 cm³/mol. The second kappa shape index (κ2) is 6.83. The van der Waals surface area contributed by atoms with E-state index >= 15 is 0 Å². The number of aryl methyl sites for hydroxylation is 1. The summed E-state index contributed by atoms with van der Waals surface area (Å²) in [5, 5.41) is 0. The van der Waals surface area contributed by atoms with Crippen LogP contribution in [0, 0.1) is 12.7 Å². The van der Waals surface area contributed by atoms with Gasteiger partial charge in [0.25, 0.3) is 5.91 Å². The molecule has 27 heavy (non-hydrogen) atoms. The molecule has 1 amide bonds. The second-order valence-corrected chi connectivity index (χ2v) is 6.47. The topological polar surface area (TPSA) is 68.5 Å². The Bertz CT molecular complexity index is 998. The third kappa shape index (κ3) is 3.40. The average Bonchev–Trinajstić information content (AvgIpc) is 3.10. The minimum Gasteiger partial charge on any atom is -0.497 e. The molecular weight excluding hydrogens is 349 g/mol. The molecule has 0 aliphatic carbocycles. The lowest BCUT2D eigenvalue weighted by molar-refractivity contribution is 0.0727. The Morgan fingerprint density at radius 2 is 2.15 bits per heavy atom. The zero-order valence-corrected chi connectivity index (χ0v) is 15.0. The van der Waals surface area contributed by atoms with E-state index in [2.05, 4.69) is 9.97 Å². The van der Waals surface area contributed by atoms with Crippen LogP contribution in [0.15, 0.2) is 40.9 Å². The third-order valence-electron chi connectivity index (χ3n) is 4.49. The van der Waals surface area contributed by atoms with Crippen molar-refractivity contribution in [2.24, 2.45) is 0 Å². The molecule has 0 radical (unpaired) electrons. The van der Waals surface area contributed by atoms with Gasteiger partial charge in [-0.1, -0.05) is 0 Å². The molecule has 4 rings (SSSR count). The van der Waals surface area contributed by atoms with Crippen LogP contribution in [0.3, 0.4) is 0 Å². The predicted octanol–water partition coefficient (Wildman–Crippen LogP) is 3.39. The van der Waals surface area contributed by atoms with E-state index < -0.39 is 5.82 Å². The highest BCUT2D eigenvalue weighted by atomic mass is 19.1. The van der Waals surface area contributed by atoms with E-state index in [0.29, 0.717) is 48.1 Å². The van der Waals surface area contributed by atoms with E-state index in [-0.39, 0.29) is 5.91 Å². The Labute approximate surface area is 155 Å². The first-order valence-electron chi connectivity index (χ1n) is 8.59. The molecular formula is C20H18FN3O3. The lowest BCUT2D eigenvalue weighted by Gasteiger charge is -2.25. The quantitative estimate of drug-likeness (QED) is 0.710. The fraction of sp³-hybridized carbons (Fsp3) is 0.250. The number of rotatable bonds is 3. The largest absolute Gasteiger partial charge is 0.497 e. The number of amides is 1. The molecule has 0 bridgehead atoms. The molecule has 0 atom stereocenters. The Morgan fingerprint density at radius 3 is 2.89 bits per heavy atom. The molecule has 7 heteroatoms. The number of pyridine rings is 1. The molecule has 0 saturated carbocycles. The smallest absolute Gasteiger partial charge is 0.254 e. The molecule has 2 aromatic heterocycles. The van der Waals surface area contributed by atoms with Crippen molar-refractivity contribution in [1.82, 2.24) is 14.9 Å². The number of ether oxygens (including phenoxy) is 1. The summed E-state index contributed by atoms with van der Waals surface area (Å²) >= 11 is 0. The first-order chi connectivity index (χ1) is 13.0. The van der Waals surface area contributed by atoms with E-state index in [1.54, 1.807) is 18.1 Å². The second-order valence-electron chi connectivity index (χ2n) is 6.47. The molecule has 0 unspecified atom stereocenters. The summed E-state index contributed by atoms with van der Waals surface area (Å²) in [4.78, 5) is 23.1. The van der Waals surface area contributed by atoms with Crippen molar-refractivity contribution in [2.45, 2.75) is 19.9 Å². The Kier molecular flexibility index (Phi) is 4.35. The summed E-state index contributed by atoms with van der Waals surface area (Å²) in [5.74, 6) is 1.24. The molecule has 0 fully saturated rings. The zero-order chi connectivity index (χ0) is 19.0. The Morgan fingerprint density at radius 1 is 1.30 bits per heavy atom. The van der Waals surface area contributed by atoms with Gasteiger partial charge in [-0.2, -0.15) is 0 Å². The van der Waals surface area contributed by atoms with Crippen molar-refractivity contribution >= 4 is 5.91 Å². The van der Waals surface area contributed by atoms with Gasteiger partial charge >= 0.3 is 0 Å². The van der Waals surface area contributed by atoms with Crippen LogP contribution in [0.25, 0.3) is 11.6 Å². The molecule has 0 saturated heterocycles. The van der Waals surface area contributed by atoms with Crippen LogP contribution >= 0.6 is 0 Å². The number of hydrogen-bond donors (Lipinski definition) is 0. The number of carbonyl (C=O) groups is 1. The average molecular weight is 367 g/mol. The van der Waals surface area contributed by atoms with Crippen molar-refractivity contribution in [1.29, 1.82) is 0 Å². The van der Waals surface area contributed by atoms with Gasteiger partial charge < -0.3 is 14.1 Å². The van der Waals surface area contributed by atoms with Gasteiger partial charge in [0.2, 0.25) is 5.89 Å². The molecule has 3 heterocycles. The van der Waals surface area contributed by atoms with Gasteiger partial charge in [0.1, 0.15) is 28.7 Å². The maximum Gasteiger partial charge on any atom is 0.254 e. The summed E-state index contributed by atoms with van der Waals surface area (Å²) in [5.41, 5.74) is 2.71. The molecule has 0 N–H and O–H groups in total. The third-order valence-corrected chi connectivity index (χ3v) is 4.49. The lowest BCUT2D eigenvalue weighted by atomic mass is 10.1. The lowest BCUT2D eigenvalue weighted by Crippen LogP contribution is -2.35. The fourth-order valence-corrected chi connectivity index (χ4v) is 3.16. The summed E-state index contributed by atoms with van der Waals surface area (Å²) < 4.78 is 24.1. The van der Waals surface area contributed by atoms with Gasteiger partial charge in [-0.05, 0) is 42.8 Å². The normalized spacial score (nSPS) is 13.4. The van der Waals surface area contributed by atoms with Gasteiger partial charge in [-0.15, -0.1) is 0 Å². The van der Waals surface area contributed by atoms with Gasteiger partial charge in [0, 0.05) is 18.5 Å². The highest BCUT2D eigenvalue weighted by molar-refractivity contribution is 5.95. The first kappa shape index (κ1) is 17.2. The Balaban J connectivity index is 1.57. The number of methoxy groups -OCH3 is 1. The number of fused-ring (bicyclic) bond motifs is 1. The van der Waals surface area contributed by atoms with Crippen molar-refractivity contribution in [3.8, 4) is 17.3 Å². The van der Waals surface area contributed by atoms with Gasteiger partial charge in [0.05, 0.1) is 19.9 Å². The molecule has 1 aliphatic heterocycles. The fourth-order valence-electron chi connectivity index (χ4n) is 3.16. The number of aromatic nitrogens is 2. The van der Waals surface area contributed by atoms with E-state index in [4.69, 9.17) is 9.15 Å². The van der Waals surface area contributed by atoms with Crippen molar-refractivity contribution in [2.75, 3.05) is 13.7 Å². The zero-order valence-electron chi connectivity index (χ0n) is 15.0. The first-order valence-corrected chi connectivity index (χ1v) is 8.59. The summed E-state index contributed by atoms with van der Waals surface area (Å²) in [6.45, 7) is 2.82. The minimum absolute atomic E-state index is 0.0768. The van der Waals surface area contributed by atoms with Crippen molar-refractivity contribution in [3.63, 3.8) is 0 Å². The van der Waals surface area contributed by atoms with E-state index in [1.807, 2.05) is 19.1 Å². The maximum atomic E-state index is 13.0. The minimum atomic E-state index is -0.416. The molecule has 1 aliphatic rings.